The average molecular weight is 416 g/mol. The highest BCUT2D eigenvalue weighted by Gasteiger charge is 2.21. The number of hydrogen-bond acceptors (Lipinski definition) is 7. The van der Waals surface area contributed by atoms with E-state index in [0.29, 0.717) is 6.54 Å². The fraction of sp³-hybridized carbons (Fsp3) is 0.421. The van der Waals surface area contributed by atoms with Crippen molar-refractivity contribution in [2.24, 2.45) is 0 Å². The third-order valence-corrected chi connectivity index (χ3v) is 5.75. The van der Waals surface area contributed by atoms with Crippen LogP contribution in [-0.2, 0) is 23.1 Å². The summed E-state index contributed by atoms with van der Waals surface area (Å²) in [6.07, 6.45) is 4.46. The van der Waals surface area contributed by atoms with Crippen molar-refractivity contribution < 1.29 is 8.42 Å². The molecule has 0 bridgehead atoms. The Bertz CT molecular complexity index is 1060. The number of nitrogens with zero attached hydrogens (tertiary/aromatic N) is 6. The van der Waals surface area contributed by atoms with E-state index in [2.05, 4.69) is 53.9 Å². The average Bonchev–Trinajstić information content (AvgIpc) is 3.12. The van der Waals surface area contributed by atoms with Gasteiger partial charge in [0.1, 0.15) is 12.1 Å². The predicted molar refractivity (Wildman–Crippen MR) is 112 cm³/mol. The number of fused-ring (bicyclic) bond motifs is 1. The highest BCUT2D eigenvalue weighted by molar-refractivity contribution is 7.88. The van der Waals surface area contributed by atoms with Crippen LogP contribution in [0.25, 0.3) is 11.0 Å². The summed E-state index contributed by atoms with van der Waals surface area (Å²) in [7, 11) is -3.22. The van der Waals surface area contributed by atoms with Gasteiger partial charge in [-0.05, 0) is 5.56 Å². The Kier molecular flexibility index (Phi) is 5.74. The van der Waals surface area contributed by atoms with Gasteiger partial charge < -0.3 is 4.90 Å². The lowest BCUT2D eigenvalue weighted by Crippen LogP contribution is -2.46. The minimum Gasteiger partial charge on any atom is -0.353 e. The number of anilines is 1. The van der Waals surface area contributed by atoms with E-state index < -0.39 is 10.0 Å². The second-order valence-corrected chi connectivity index (χ2v) is 9.05. The molecule has 1 aromatic carbocycles. The highest BCUT2D eigenvalue weighted by Crippen LogP contribution is 2.24. The quantitative estimate of drug-likeness (QED) is 0.607. The molecule has 1 saturated heterocycles. The molecule has 9 nitrogen and oxygen atoms in total. The van der Waals surface area contributed by atoms with Crippen LogP contribution in [0, 0.1) is 0 Å². The minimum atomic E-state index is -3.22. The second-order valence-electron chi connectivity index (χ2n) is 7.22. The summed E-state index contributed by atoms with van der Waals surface area (Å²) in [5.74, 6) is 0.886. The van der Waals surface area contributed by atoms with Crippen LogP contribution in [0.4, 0.5) is 5.82 Å². The Hall–Kier alpha value is -2.56. The number of nitrogens with one attached hydrogen (secondary N) is 1. The molecule has 0 unspecified atom stereocenters. The van der Waals surface area contributed by atoms with Crippen molar-refractivity contribution in [3.63, 3.8) is 0 Å². The first-order valence-electron chi connectivity index (χ1n) is 9.62. The van der Waals surface area contributed by atoms with Gasteiger partial charge in [0.15, 0.2) is 5.65 Å². The summed E-state index contributed by atoms with van der Waals surface area (Å²) in [5, 5.41) is 5.28. The van der Waals surface area contributed by atoms with Crippen molar-refractivity contribution in [2.45, 2.75) is 13.1 Å². The van der Waals surface area contributed by atoms with Crippen molar-refractivity contribution in [2.75, 3.05) is 43.9 Å². The molecule has 1 N–H and O–H groups in total. The molecule has 1 aliphatic rings. The van der Waals surface area contributed by atoms with Gasteiger partial charge in [-0.25, -0.2) is 27.8 Å². The molecule has 29 heavy (non-hydrogen) atoms. The van der Waals surface area contributed by atoms with Gasteiger partial charge in [-0.15, -0.1) is 0 Å². The maximum atomic E-state index is 11.2. The molecule has 154 valence electrons. The Balaban J connectivity index is 1.42. The molecule has 0 atom stereocenters. The molecule has 2 aromatic heterocycles. The van der Waals surface area contributed by atoms with Crippen molar-refractivity contribution in [3.05, 3.63) is 48.4 Å². The molecule has 4 rings (SSSR count). The van der Waals surface area contributed by atoms with Crippen LogP contribution in [0.2, 0.25) is 0 Å². The zero-order valence-electron chi connectivity index (χ0n) is 16.4. The maximum absolute atomic E-state index is 11.2. The van der Waals surface area contributed by atoms with Crippen molar-refractivity contribution in [3.8, 4) is 0 Å². The summed E-state index contributed by atoms with van der Waals surface area (Å²) < 4.78 is 26.7. The fourth-order valence-electron chi connectivity index (χ4n) is 3.59. The third kappa shape index (κ3) is 4.89. The summed E-state index contributed by atoms with van der Waals surface area (Å²) in [6.45, 7) is 5.35. The monoisotopic (exact) mass is 415 g/mol. The van der Waals surface area contributed by atoms with Gasteiger partial charge in [0, 0.05) is 39.3 Å². The number of rotatable bonds is 7. The SMILES string of the molecule is CS(=O)(=O)NCCn1ncc2c(N3CCN(Cc4ccccc4)CC3)ncnc21. The largest absolute Gasteiger partial charge is 0.353 e. The van der Waals surface area contributed by atoms with E-state index in [9.17, 15) is 8.42 Å². The van der Waals surface area contributed by atoms with E-state index in [-0.39, 0.29) is 6.54 Å². The fourth-order valence-corrected chi connectivity index (χ4v) is 4.05. The molecule has 3 heterocycles. The van der Waals surface area contributed by atoms with Crippen LogP contribution in [0.15, 0.2) is 42.9 Å². The molecule has 1 aliphatic heterocycles. The first kappa shape index (κ1) is 19.7. The number of benzene rings is 1. The van der Waals surface area contributed by atoms with Crippen LogP contribution in [0.5, 0.6) is 0 Å². The number of hydrogen-bond donors (Lipinski definition) is 1. The zero-order valence-corrected chi connectivity index (χ0v) is 17.2. The van der Waals surface area contributed by atoms with E-state index in [4.69, 9.17) is 0 Å². The zero-order chi connectivity index (χ0) is 20.3. The molecular formula is C19H25N7O2S. The van der Waals surface area contributed by atoms with Crippen molar-refractivity contribution in [1.82, 2.24) is 29.4 Å². The molecule has 10 heteroatoms. The first-order chi connectivity index (χ1) is 14.0. The second kappa shape index (κ2) is 8.44. The van der Waals surface area contributed by atoms with E-state index in [0.717, 1.165) is 55.8 Å². The molecule has 0 amide bonds. The molecular weight excluding hydrogens is 390 g/mol. The lowest BCUT2D eigenvalue weighted by atomic mass is 10.2. The number of sulfonamides is 1. The lowest BCUT2D eigenvalue weighted by Gasteiger charge is -2.35. The van der Waals surface area contributed by atoms with Crippen molar-refractivity contribution in [1.29, 1.82) is 0 Å². The van der Waals surface area contributed by atoms with Gasteiger partial charge in [-0.2, -0.15) is 5.10 Å². The lowest BCUT2D eigenvalue weighted by molar-refractivity contribution is 0.249. The van der Waals surface area contributed by atoms with Gasteiger partial charge in [0.2, 0.25) is 10.0 Å². The standard InChI is InChI=1S/C19H25N7O2S/c1-29(27,28)23-7-8-26-19-17(13-22-26)18(20-15-21-19)25-11-9-24(10-12-25)14-16-5-3-2-4-6-16/h2-6,13,15,23H,7-12,14H2,1H3. The van der Waals surface area contributed by atoms with E-state index in [1.807, 2.05) is 6.07 Å². The van der Waals surface area contributed by atoms with Crippen LogP contribution in [0.3, 0.4) is 0 Å². The van der Waals surface area contributed by atoms with Gasteiger partial charge >= 0.3 is 0 Å². The molecule has 0 spiro atoms. The van der Waals surface area contributed by atoms with Gasteiger partial charge in [0.25, 0.3) is 0 Å². The van der Waals surface area contributed by atoms with Crippen LogP contribution < -0.4 is 9.62 Å². The summed E-state index contributed by atoms with van der Waals surface area (Å²) in [4.78, 5) is 13.6. The smallest absolute Gasteiger partial charge is 0.208 e. The first-order valence-corrected chi connectivity index (χ1v) is 11.5. The van der Waals surface area contributed by atoms with Crippen molar-refractivity contribution >= 4 is 26.9 Å². The molecule has 1 fully saturated rings. The Morgan fingerprint density at radius 1 is 1.07 bits per heavy atom. The summed E-state index contributed by atoms with van der Waals surface area (Å²) in [5.41, 5.74) is 2.05. The van der Waals surface area contributed by atoms with Gasteiger partial charge in [-0.1, -0.05) is 30.3 Å². The van der Waals surface area contributed by atoms with Gasteiger partial charge in [-0.3, -0.25) is 4.90 Å². The molecule has 3 aromatic rings. The predicted octanol–water partition coefficient (Wildman–Crippen LogP) is 0.698. The van der Waals surface area contributed by atoms with E-state index in [1.165, 1.54) is 5.56 Å². The van der Waals surface area contributed by atoms with Crippen LogP contribution >= 0.6 is 0 Å². The van der Waals surface area contributed by atoms with Crippen LogP contribution in [-0.4, -0.2) is 72.0 Å². The molecule has 0 radical (unpaired) electrons. The number of piperazine rings is 1. The third-order valence-electron chi connectivity index (χ3n) is 5.02. The molecule has 0 aliphatic carbocycles. The summed E-state index contributed by atoms with van der Waals surface area (Å²) in [6, 6.07) is 10.5. The molecule has 0 saturated carbocycles. The summed E-state index contributed by atoms with van der Waals surface area (Å²) >= 11 is 0. The Labute approximate surface area is 170 Å². The Morgan fingerprint density at radius 3 is 2.55 bits per heavy atom. The van der Waals surface area contributed by atoms with E-state index >= 15 is 0 Å². The topological polar surface area (TPSA) is 96.2 Å². The van der Waals surface area contributed by atoms with E-state index in [1.54, 1.807) is 17.2 Å². The maximum Gasteiger partial charge on any atom is 0.208 e. The highest BCUT2D eigenvalue weighted by atomic mass is 32.2. The normalized spacial score (nSPS) is 15.8. The van der Waals surface area contributed by atoms with Crippen LogP contribution in [0.1, 0.15) is 5.56 Å². The Morgan fingerprint density at radius 2 is 1.83 bits per heavy atom. The minimum absolute atomic E-state index is 0.271. The van der Waals surface area contributed by atoms with Gasteiger partial charge in [0.05, 0.1) is 24.4 Å². The number of aromatic nitrogens is 4.